The molecule has 21 heavy (non-hydrogen) atoms. The maximum absolute atomic E-state index is 11.7. The Balaban J connectivity index is 3.32. The number of nitro benzene ring substituents is 1. The summed E-state index contributed by atoms with van der Waals surface area (Å²) in [6.45, 7) is 6.53. The Labute approximate surface area is 124 Å². The van der Waals surface area contributed by atoms with E-state index in [9.17, 15) is 18.5 Å². The first-order valence-electron chi connectivity index (χ1n) is 6.69. The Bertz CT molecular complexity index is 616. The van der Waals surface area contributed by atoms with Crippen LogP contribution in [0.15, 0.2) is 23.1 Å². The minimum absolute atomic E-state index is 0.0421. The van der Waals surface area contributed by atoms with Crippen molar-refractivity contribution in [2.24, 2.45) is 0 Å². The fraction of sp³-hybridized carbons (Fsp3) is 0.538. The molecule has 0 fully saturated rings. The van der Waals surface area contributed by atoms with Crippen molar-refractivity contribution in [3.05, 3.63) is 33.9 Å². The molecule has 1 rings (SSSR count). The van der Waals surface area contributed by atoms with Gasteiger partial charge in [0.2, 0.25) is 10.0 Å². The van der Waals surface area contributed by atoms with Crippen LogP contribution in [0.5, 0.6) is 0 Å². The predicted molar refractivity (Wildman–Crippen MR) is 80.9 cm³/mol. The van der Waals surface area contributed by atoms with Crippen molar-refractivity contribution >= 4 is 15.7 Å². The minimum atomic E-state index is -3.70. The molecule has 0 aliphatic carbocycles. The second kappa shape index (κ2) is 6.97. The van der Waals surface area contributed by atoms with Crippen LogP contribution in [0.3, 0.4) is 0 Å². The first kappa shape index (κ1) is 17.5. The zero-order valence-corrected chi connectivity index (χ0v) is 13.4. The van der Waals surface area contributed by atoms with Crippen molar-refractivity contribution in [3.63, 3.8) is 0 Å². The molecule has 1 aromatic rings. The molecule has 118 valence electrons. The Hall–Kier alpha value is -1.51. The lowest BCUT2D eigenvalue weighted by Crippen LogP contribution is -2.31. The largest absolute Gasteiger partial charge is 0.314 e. The summed E-state index contributed by atoms with van der Waals surface area (Å²) >= 11 is 0. The van der Waals surface area contributed by atoms with Crippen LogP contribution in [-0.4, -0.2) is 33.0 Å². The molecule has 0 aliphatic heterocycles. The maximum Gasteiger partial charge on any atom is 0.274 e. The van der Waals surface area contributed by atoms with Gasteiger partial charge in [-0.25, -0.2) is 13.1 Å². The highest BCUT2D eigenvalue weighted by Gasteiger charge is 2.25. The van der Waals surface area contributed by atoms with Gasteiger partial charge in [0.05, 0.1) is 9.82 Å². The van der Waals surface area contributed by atoms with Gasteiger partial charge >= 0.3 is 0 Å². The normalized spacial score (nSPS) is 14.7. The summed E-state index contributed by atoms with van der Waals surface area (Å²) in [5, 5.41) is 14.5. The van der Waals surface area contributed by atoms with Gasteiger partial charge in [0.15, 0.2) is 0 Å². The summed E-state index contributed by atoms with van der Waals surface area (Å²) in [5.41, 5.74) is 0.340. The molecule has 0 aliphatic rings. The number of nitro groups is 1. The van der Waals surface area contributed by atoms with E-state index in [2.05, 4.69) is 10.0 Å². The third-order valence-electron chi connectivity index (χ3n) is 3.54. The molecule has 8 heteroatoms. The maximum atomic E-state index is 11.7. The molecule has 2 unspecified atom stereocenters. The van der Waals surface area contributed by atoms with Crippen molar-refractivity contribution in [1.29, 1.82) is 0 Å². The highest BCUT2D eigenvalue weighted by atomic mass is 32.2. The van der Waals surface area contributed by atoms with Crippen molar-refractivity contribution in [2.45, 2.75) is 37.6 Å². The quantitative estimate of drug-likeness (QED) is 0.588. The fourth-order valence-electron chi connectivity index (χ4n) is 2.12. The lowest BCUT2D eigenvalue weighted by Gasteiger charge is -2.21. The van der Waals surface area contributed by atoms with E-state index < -0.39 is 14.9 Å². The van der Waals surface area contributed by atoms with E-state index in [1.807, 2.05) is 20.8 Å². The van der Waals surface area contributed by atoms with Crippen LogP contribution < -0.4 is 10.0 Å². The third kappa shape index (κ3) is 3.99. The molecular weight excluding hydrogens is 294 g/mol. The first-order chi connectivity index (χ1) is 9.74. The number of rotatable bonds is 7. The zero-order valence-electron chi connectivity index (χ0n) is 12.6. The van der Waals surface area contributed by atoms with E-state index in [-0.39, 0.29) is 22.5 Å². The topological polar surface area (TPSA) is 101 Å². The molecule has 0 saturated heterocycles. The smallest absolute Gasteiger partial charge is 0.274 e. The molecule has 0 bridgehead atoms. The van der Waals surface area contributed by atoms with Gasteiger partial charge in [-0.15, -0.1) is 0 Å². The van der Waals surface area contributed by atoms with E-state index in [1.165, 1.54) is 19.2 Å². The molecule has 0 saturated carbocycles. The minimum Gasteiger partial charge on any atom is -0.314 e. The van der Waals surface area contributed by atoms with Crippen LogP contribution in [0, 0.1) is 10.1 Å². The average molecular weight is 315 g/mol. The molecule has 0 radical (unpaired) electrons. The van der Waals surface area contributed by atoms with Crippen molar-refractivity contribution in [2.75, 3.05) is 13.6 Å². The monoisotopic (exact) mass is 315 g/mol. The van der Waals surface area contributed by atoms with Crippen LogP contribution in [0.1, 0.15) is 32.3 Å². The van der Waals surface area contributed by atoms with Gasteiger partial charge in [-0.05, 0) is 26.6 Å². The van der Waals surface area contributed by atoms with Gasteiger partial charge in [-0.2, -0.15) is 0 Å². The van der Waals surface area contributed by atoms with Crippen LogP contribution >= 0.6 is 0 Å². The summed E-state index contributed by atoms with van der Waals surface area (Å²) in [6.07, 6.45) is 0. The van der Waals surface area contributed by atoms with Crippen molar-refractivity contribution < 1.29 is 13.3 Å². The number of benzene rings is 1. The predicted octanol–water partition coefficient (Wildman–Crippen LogP) is 1.60. The number of sulfonamides is 1. The zero-order chi connectivity index (χ0) is 16.2. The molecule has 0 heterocycles. The molecule has 1 aromatic carbocycles. The lowest BCUT2D eigenvalue weighted by atomic mass is 9.93. The molecule has 0 aromatic heterocycles. The number of nitrogens with one attached hydrogen (secondary N) is 2. The SMILES string of the molecule is CCNC(C)C(C)c1ccc(S(=O)(=O)NC)cc1[N+](=O)[O-]. The number of hydrogen-bond donors (Lipinski definition) is 2. The summed E-state index contributed by atoms with van der Waals surface area (Å²) in [7, 11) is -2.43. The average Bonchev–Trinajstić information content (AvgIpc) is 2.45. The van der Waals surface area contributed by atoms with Crippen molar-refractivity contribution in [1.82, 2.24) is 10.0 Å². The Morgan fingerprint density at radius 1 is 1.33 bits per heavy atom. The molecular formula is C13H21N3O4S. The number of nitrogens with zero attached hydrogens (tertiary/aromatic N) is 1. The fourth-order valence-corrected chi connectivity index (χ4v) is 2.87. The molecule has 7 nitrogen and oxygen atoms in total. The van der Waals surface area contributed by atoms with Crippen LogP contribution in [0.4, 0.5) is 5.69 Å². The first-order valence-corrected chi connectivity index (χ1v) is 8.18. The van der Waals surface area contributed by atoms with Gasteiger partial charge in [-0.1, -0.05) is 19.9 Å². The Morgan fingerprint density at radius 2 is 1.95 bits per heavy atom. The molecule has 0 amide bonds. The highest BCUT2D eigenvalue weighted by molar-refractivity contribution is 7.89. The summed E-state index contributed by atoms with van der Waals surface area (Å²) in [6, 6.07) is 4.06. The van der Waals surface area contributed by atoms with Gasteiger partial charge in [-0.3, -0.25) is 10.1 Å². The van der Waals surface area contributed by atoms with Crippen LogP contribution in [-0.2, 0) is 10.0 Å². The van der Waals surface area contributed by atoms with Gasteiger partial charge < -0.3 is 5.32 Å². The summed E-state index contributed by atoms with van der Waals surface area (Å²) in [4.78, 5) is 10.6. The lowest BCUT2D eigenvalue weighted by molar-refractivity contribution is -0.386. The van der Waals surface area contributed by atoms with E-state index in [4.69, 9.17) is 0 Å². The van der Waals surface area contributed by atoms with Gasteiger partial charge in [0, 0.05) is 23.6 Å². The van der Waals surface area contributed by atoms with E-state index >= 15 is 0 Å². The van der Waals surface area contributed by atoms with Crippen LogP contribution in [0.2, 0.25) is 0 Å². The third-order valence-corrected chi connectivity index (χ3v) is 4.96. The second-order valence-corrected chi connectivity index (χ2v) is 6.71. The summed E-state index contributed by atoms with van der Waals surface area (Å²) < 4.78 is 25.6. The number of hydrogen-bond acceptors (Lipinski definition) is 5. The second-order valence-electron chi connectivity index (χ2n) is 4.82. The Kier molecular flexibility index (Phi) is 5.82. The highest BCUT2D eigenvalue weighted by Crippen LogP contribution is 2.30. The standard InChI is InChI=1S/C13H21N3O4S/c1-5-15-10(3)9(2)12-7-6-11(21(19,20)14-4)8-13(12)16(17)18/h6-10,14-15H,5H2,1-4H3. The van der Waals surface area contributed by atoms with E-state index in [1.54, 1.807) is 0 Å². The van der Waals surface area contributed by atoms with E-state index in [0.29, 0.717) is 5.56 Å². The summed E-state index contributed by atoms with van der Waals surface area (Å²) in [5.74, 6) is -0.114. The van der Waals surface area contributed by atoms with E-state index in [0.717, 1.165) is 12.6 Å². The molecule has 2 N–H and O–H groups in total. The number of likely N-dealkylation sites (N-methyl/N-ethyl adjacent to an activating group) is 1. The molecule has 2 atom stereocenters. The van der Waals surface area contributed by atoms with Gasteiger partial charge in [0.1, 0.15) is 0 Å². The molecule has 0 spiro atoms. The van der Waals surface area contributed by atoms with Gasteiger partial charge in [0.25, 0.3) is 5.69 Å². The van der Waals surface area contributed by atoms with Crippen LogP contribution in [0.25, 0.3) is 0 Å². The van der Waals surface area contributed by atoms with Crippen molar-refractivity contribution in [3.8, 4) is 0 Å². The Morgan fingerprint density at radius 3 is 2.43 bits per heavy atom.